The molecule has 0 aromatic rings. The molecule has 3 saturated carbocycles. The molecular weight excluding hydrogens is 837 g/mol. The molecule has 0 spiro atoms. The lowest BCUT2D eigenvalue weighted by Gasteiger charge is -2.38. The topological polar surface area (TPSA) is 165 Å². The SMILES string of the molecule is C.COC(=O)C(O)C(CC(=O)[C@@H]1C2C(CN1C(=O)[C@@H](CC(=O)CC(C)(C)C)C(C)(C)C)C2(C)C)CC1CCC1.COC(=O)[C@@H]1C2C(CN1C(=O)[C@@H](CC(=O)CC(C)(C)C)C(C)(C)C)C2(C)C. The van der Waals surface area contributed by atoms with Gasteiger partial charge in [0.1, 0.15) is 17.6 Å². The average Bonchev–Trinajstić information content (AvgIpc) is 3.59. The van der Waals surface area contributed by atoms with Crippen LogP contribution in [0.1, 0.15) is 176 Å². The van der Waals surface area contributed by atoms with Crippen LogP contribution in [0.2, 0.25) is 0 Å². The summed E-state index contributed by atoms with van der Waals surface area (Å²) in [6.07, 6.45) is 3.76. The Morgan fingerprint density at radius 2 is 1.02 bits per heavy atom. The van der Waals surface area contributed by atoms with Crippen molar-refractivity contribution >= 4 is 41.1 Å². The van der Waals surface area contributed by atoms with E-state index in [9.17, 15) is 38.7 Å². The third-order valence-corrected chi connectivity index (χ3v) is 16.0. The third-order valence-electron chi connectivity index (χ3n) is 16.0. The number of hydrogen-bond donors (Lipinski definition) is 1. The predicted octanol–water partition coefficient (Wildman–Crippen LogP) is 9.16. The zero-order valence-corrected chi connectivity index (χ0v) is 43.6. The highest BCUT2D eigenvalue weighted by molar-refractivity contribution is 5.94. The molecule has 12 heteroatoms. The second kappa shape index (κ2) is 20.4. The molecule has 0 aromatic heterocycles. The van der Waals surface area contributed by atoms with Crippen molar-refractivity contribution in [1.29, 1.82) is 0 Å². The molecule has 10 atom stereocenters. The van der Waals surface area contributed by atoms with E-state index in [4.69, 9.17) is 9.47 Å². The highest BCUT2D eigenvalue weighted by Gasteiger charge is 2.71. The molecule has 5 aliphatic rings. The highest BCUT2D eigenvalue weighted by Crippen LogP contribution is 2.66. The lowest BCUT2D eigenvalue weighted by Crippen LogP contribution is -2.51. The molecule has 0 radical (unpaired) electrons. The van der Waals surface area contributed by atoms with E-state index in [0.29, 0.717) is 44.2 Å². The number of methoxy groups -OCH3 is 2. The Kier molecular flexibility index (Phi) is 17.7. The number of piperidine rings is 2. The zero-order valence-electron chi connectivity index (χ0n) is 43.6. The highest BCUT2D eigenvalue weighted by atomic mass is 16.5. The maximum absolute atomic E-state index is 14.1. The van der Waals surface area contributed by atoms with E-state index < -0.39 is 47.3 Å². The number of aliphatic hydroxyl groups is 1. The van der Waals surface area contributed by atoms with Crippen molar-refractivity contribution in [2.75, 3.05) is 27.3 Å². The van der Waals surface area contributed by atoms with Crippen LogP contribution in [0, 0.1) is 79.8 Å². The van der Waals surface area contributed by atoms with Gasteiger partial charge in [-0.15, -0.1) is 0 Å². The zero-order chi connectivity index (χ0) is 49.7. The van der Waals surface area contributed by atoms with E-state index in [0.717, 1.165) is 19.3 Å². The molecular formula is C54H92N2O10. The van der Waals surface area contributed by atoms with Crippen LogP contribution in [0.4, 0.5) is 0 Å². The molecule has 2 saturated heterocycles. The fraction of sp³-hybridized carbons (Fsp3) is 0.870. The van der Waals surface area contributed by atoms with Gasteiger partial charge in [0.2, 0.25) is 11.8 Å². The second-order valence-electron chi connectivity index (χ2n) is 26.5. The van der Waals surface area contributed by atoms with Gasteiger partial charge in [0.05, 0.1) is 20.3 Å². The number of aliphatic hydroxyl groups excluding tert-OH is 1. The minimum absolute atomic E-state index is 0. The predicted molar refractivity (Wildman–Crippen MR) is 258 cm³/mol. The van der Waals surface area contributed by atoms with Gasteiger partial charge in [-0.1, -0.05) is 137 Å². The van der Waals surface area contributed by atoms with Crippen LogP contribution in [-0.4, -0.2) is 102 Å². The van der Waals surface area contributed by atoms with Crippen LogP contribution < -0.4 is 0 Å². The molecule has 2 aliphatic heterocycles. The number of hydrogen-bond acceptors (Lipinski definition) is 10. The first kappa shape index (κ1) is 57.2. The quantitative estimate of drug-likeness (QED) is 0.148. The van der Waals surface area contributed by atoms with Gasteiger partial charge in [0.25, 0.3) is 0 Å². The number of amides is 2. The number of ether oxygens (including phenoxy) is 2. The van der Waals surface area contributed by atoms with E-state index in [-0.39, 0.29) is 107 Å². The van der Waals surface area contributed by atoms with Gasteiger partial charge >= 0.3 is 11.9 Å². The number of esters is 2. The Morgan fingerprint density at radius 3 is 1.35 bits per heavy atom. The largest absolute Gasteiger partial charge is 0.467 e. The summed E-state index contributed by atoms with van der Waals surface area (Å²) in [7, 11) is 2.62. The first-order chi connectivity index (χ1) is 29.5. The molecule has 1 N–H and O–H groups in total. The lowest BCUT2D eigenvalue weighted by molar-refractivity contribution is -0.156. The Hall–Kier alpha value is -3.15. The molecule has 5 rings (SSSR count). The van der Waals surface area contributed by atoms with Crippen molar-refractivity contribution in [2.45, 2.75) is 194 Å². The lowest BCUT2D eigenvalue weighted by atomic mass is 9.74. The van der Waals surface area contributed by atoms with E-state index in [2.05, 4.69) is 27.7 Å². The van der Waals surface area contributed by atoms with E-state index >= 15 is 0 Å². The van der Waals surface area contributed by atoms with Crippen LogP contribution >= 0.6 is 0 Å². The van der Waals surface area contributed by atoms with Crippen molar-refractivity contribution in [1.82, 2.24) is 9.80 Å². The molecule has 2 heterocycles. The van der Waals surface area contributed by atoms with Crippen molar-refractivity contribution in [3.05, 3.63) is 0 Å². The number of rotatable bonds is 16. The Bertz CT molecular complexity index is 1800. The Labute approximate surface area is 399 Å². The van der Waals surface area contributed by atoms with E-state index in [1.54, 1.807) is 9.80 Å². The van der Waals surface area contributed by atoms with E-state index in [1.807, 2.05) is 83.1 Å². The monoisotopic (exact) mass is 929 g/mol. The summed E-state index contributed by atoms with van der Waals surface area (Å²) in [5.41, 5.74) is -1.02. The minimum Gasteiger partial charge on any atom is -0.467 e. The normalized spacial score (nSPS) is 27.0. The molecule has 12 nitrogen and oxygen atoms in total. The average molecular weight is 929 g/mol. The van der Waals surface area contributed by atoms with Gasteiger partial charge in [0, 0.05) is 68.9 Å². The van der Waals surface area contributed by atoms with Crippen LogP contribution in [0.25, 0.3) is 0 Å². The summed E-state index contributed by atoms with van der Waals surface area (Å²) in [5, 5.41) is 10.7. The molecule has 378 valence electrons. The minimum atomic E-state index is -1.35. The fourth-order valence-electron chi connectivity index (χ4n) is 11.7. The fourth-order valence-corrected chi connectivity index (χ4v) is 11.7. The molecule has 5 fully saturated rings. The number of Topliss-reactive ketones (excluding diaryl/α,β-unsaturated/α-hetero) is 3. The Balaban J connectivity index is 0.000000365. The summed E-state index contributed by atoms with van der Waals surface area (Å²) in [4.78, 5) is 95.2. The molecule has 3 aliphatic carbocycles. The first-order valence-electron chi connectivity index (χ1n) is 24.5. The van der Waals surface area contributed by atoms with Gasteiger partial charge < -0.3 is 24.4 Å². The van der Waals surface area contributed by atoms with Gasteiger partial charge in [-0.05, 0) is 62.6 Å². The maximum atomic E-state index is 14.1. The number of ketones is 3. The first-order valence-corrected chi connectivity index (χ1v) is 24.5. The Morgan fingerprint density at radius 1 is 0.621 bits per heavy atom. The summed E-state index contributed by atoms with van der Waals surface area (Å²) in [5.74, 6) is -1.45. The molecule has 0 aromatic carbocycles. The van der Waals surface area contributed by atoms with Crippen LogP contribution in [0.5, 0.6) is 0 Å². The van der Waals surface area contributed by atoms with Gasteiger partial charge in [0.15, 0.2) is 11.9 Å². The smallest absolute Gasteiger partial charge is 0.334 e. The number of nitrogens with zero attached hydrogens (tertiary/aromatic N) is 2. The summed E-state index contributed by atoms with van der Waals surface area (Å²) < 4.78 is 9.82. The number of likely N-dealkylation sites (tertiary alicyclic amines) is 2. The van der Waals surface area contributed by atoms with E-state index in [1.165, 1.54) is 14.2 Å². The van der Waals surface area contributed by atoms with Crippen molar-refractivity contribution in [3.63, 3.8) is 0 Å². The summed E-state index contributed by atoms with van der Waals surface area (Å²) in [6, 6.07) is -1.11. The van der Waals surface area contributed by atoms with Crippen molar-refractivity contribution in [3.8, 4) is 0 Å². The van der Waals surface area contributed by atoms with Crippen LogP contribution in [0.15, 0.2) is 0 Å². The molecule has 66 heavy (non-hydrogen) atoms. The number of carbonyl (C=O) groups is 7. The van der Waals surface area contributed by atoms with Gasteiger partial charge in [-0.2, -0.15) is 0 Å². The van der Waals surface area contributed by atoms with Gasteiger partial charge in [-0.3, -0.25) is 24.0 Å². The van der Waals surface area contributed by atoms with Crippen LogP contribution in [0.3, 0.4) is 0 Å². The number of fused-ring (bicyclic) bond motifs is 2. The summed E-state index contributed by atoms with van der Waals surface area (Å²) >= 11 is 0. The molecule has 6 unspecified atom stereocenters. The second-order valence-corrected chi connectivity index (χ2v) is 26.5. The standard InChI is InChI=1S/C31H51NO6.C22H37NO4.CH4/c1-29(2,3)16-20(33)15-21(30(4,5)6)27(36)32-17-22-24(31(22,7)8)25(32)23(34)14-19(13-18-11-10-12-18)26(35)28(37)38-9;1-20(2,3)11-13(24)10-14(21(4,5)6)18(25)23-12-15-16(22(15,7)8)17(23)19(26)27-9;/h18-19,21-22,24-26,35H,10-17H2,1-9H3;14-17H,10-12H2,1-9H3;1H4/t19?,21-,22?,24?,25-,26?;14-,15?,16?,17+;/m11./s1. The number of carbonyl (C=O) groups excluding carboxylic acids is 7. The van der Waals surface area contributed by atoms with Crippen molar-refractivity contribution < 1.29 is 48.1 Å². The van der Waals surface area contributed by atoms with Crippen molar-refractivity contribution in [2.24, 2.45) is 79.8 Å². The molecule has 2 amide bonds. The van der Waals surface area contributed by atoms with Crippen LogP contribution in [-0.2, 0) is 43.0 Å². The maximum Gasteiger partial charge on any atom is 0.334 e. The molecule has 0 bridgehead atoms. The van der Waals surface area contributed by atoms with Gasteiger partial charge in [-0.25, -0.2) is 9.59 Å². The third kappa shape index (κ3) is 13.1. The summed E-state index contributed by atoms with van der Waals surface area (Å²) in [6.45, 7) is 33.8.